The van der Waals surface area contributed by atoms with Gasteiger partial charge in [0.1, 0.15) is 0 Å². The highest BCUT2D eigenvalue weighted by Gasteiger charge is 2.14. The van der Waals surface area contributed by atoms with E-state index in [1.54, 1.807) is 0 Å². The predicted molar refractivity (Wildman–Crippen MR) is 174 cm³/mol. The summed E-state index contributed by atoms with van der Waals surface area (Å²) in [5.74, 6) is 1.94. The lowest BCUT2D eigenvalue weighted by Gasteiger charge is -2.10. The van der Waals surface area contributed by atoms with Gasteiger partial charge in [0.15, 0.2) is 17.5 Å². The number of pyridine rings is 1. The molecule has 0 amide bonds. The number of hydrogen-bond donors (Lipinski definition) is 0. The summed E-state index contributed by atoms with van der Waals surface area (Å²) >= 11 is 0. The van der Waals surface area contributed by atoms with Gasteiger partial charge in [-0.2, -0.15) is 0 Å². The summed E-state index contributed by atoms with van der Waals surface area (Å²) in [4.78, 5) is 19.6. The van der Waals surface area contributed by atoms with Crippen LogP contribution in [0.25, 0.3) is 72.9 Å². The van der Waals surface area contributed by atoms with Gasteiger partial charge in [-0.1, -0.05) is 103 Å². The topological polar surface area (TPSA) is 51.6 Å². The third-order valence-corrected chi connectivity index (χ3v) is 7.57. The van der Waals surface area contributed by atoms with Crippen molar-refractivity contribution < 1.29 is 0 Å². The van der Waals surface area contributed by atoms with Crippen molar-refractivity contribution in [3.8, 4) is 45.3 Å². The summed E-state index contributed by atoms with van der Waals surface area (Å²) in [6.45, 7) is 4.10. The number of fused-ring (bicyclic) bond motifs is 2. The Bertz CT molecular complexity index is 2010. The molecule has 5 aromatic carbocycles. The average Bonchev–Trinajstić information content (AvgIpc) is 3.05. The van der Waals surface area contributed by atoms with E-state index < -0.39 is 0 Å². The molecule has 0 saturated carbocycles. The van der Waals surface area contributed by atoms with Gasteiger partial charge in [0.05, 0.1) is 5.69 Å². The molecule has 0 N–H and O–H groups in total. The van der Waals surface area contributed by atoms with Gasteiger partial charge in [-0.05, 0) is 70.8 Å². The molecule has 0 unspecified atom stereocenters. The van der Waals surface area contributed by atoms with Crippen LogP contribution in [0, 0.1) is 6.92 Å². The Balaban J connectivity index is 1.33. The Morgan fingerprint density at radius 2 is 0.952 bits per heavy atom. The van der Waals surface area contributed by atoms with E-state index in [4.69, 9.17) is 15.0 Å². The normalized spacial score (nSPS) is 11.5. The molecule has 0 atom stereocenters. The van der Waals surface area contributed by atoms with Gasteiger partial charge in [0, 0.05) is 28.5 Å². The van der Waals surface area contributed by atoms with E-state index >= 15 is 0 Å². The molecular formula is C38H28N4. The molecule has 4 nitrogen and oxygen atoms in total. The summed E-state index contributed by atoms with van der Waals surface area (Å²) in [6.07, 6.45) is 5.97. The second-order valence-corrected chi connectivity index (χ2v) is 10.4. The summed E-state index contributed by atoms with van der Waals surface area (Å²) < 4.78 is 0. The zero-order chi connectivity index (χ0) is 28.5. The maximum absolute atomic E-state index is 4.98. The Kier molecular flexibility index (Phi) is 6.57. The van der Waals surface area contributed by atoms with Crippen molar-refractivity contribution in [2.75, 3.05) is 0 Å². The van der Waals surface area contributed by atoms with Crippen molar-refractivity contribution in [1.29, 1.82) is 0 Å². The van der Waals surface area contributed by atoms with E-state index in [-0.39, 0.29) is 0 Å². The Morgan fingerprint density at radius 3 is 1.48 bits per heavy atom. The van der Waals surface area contributed by atoms with Gasteiger partial charge in [-0.25, -0.2) is 15.0 Å². The van der Waals surface area contributed by atoms with Crippen molar-refractivity contribution in [3.05, 3.63) is 139 Å². The second-order valence-electron chi connectivity index (χ2n) is 10.4. The first kappa shape index (κ1) is 25.5. The lowest BCUT2D eigenvalue weighted by molar-refractivity contribution is 1.08. The van der Waals surface area contributed by atoms with Crippen LogP contribution >= 0.6 is 0 Å². The van der Waals surface area contributed by atoms with E-state index in [0.29, 0.717) is 17.5 Å². The first-order valence-electron chi connectivity index (χ1n) is 14.1. The minimum atomic E-state index is 0.639. The minimum Gasteiger partial charge on any atom is -0.256 e. The third-order valence-electron chi connectivity index (χ3n) is 7.57. The quantitative estimate of drug-likeness (QED) is 0.218. The first-order valence-corrected chi connectivity index (χ1v) is 14.1. The zero-order valence-electron chi connectivity index (χ0n) is 23.5. The molecule has 42 heavy (non-hydrogen) atoms. The fraction of sp³-hybridized carbons (Fsp3) is 0.0526. The fourth-order valence-corrected chi connectivity index (χ4v) is 5.31. The molecule has 0 aliphatic rings. The number of aryl methyl sites for hydroxylation is 1. The van der Waals surface area contributed by atoms with Crippen molar-refractivity contribution in [3.63, 3.8) is 0 Å². The highest BCUT2D eigenvalue weighted by molar-refractivity contribution is 5.88. The number of nitrogens with zero attached hydrogens (tertiary/aromatic N) is 4. The molecule has 0 fully saturated rings. The molecule has 0 bridgehead atoms. The van der Waals surface area contributed by atoms with Crippen LogP contribution in [-0.4, -0.2) is 19.9 Å². The van der Waals surface area contributed by atoms with E-state index in [9.17, 15) is 0 Å². The predicted octanol–water partition coefficient (Wildman–Crippen LogP) is 9.58. The van der Waals surface area contributed by atoms with E-state index in [1.807, 2.05) is 25.3 Å². The molecular weight excluding hydrogens is 512 g/mol. The molecule has 2 heterocycles. The molecule has 0 aliphatic heterocycles. The van der Waals surface area contributed by atoms with Crippen LogP contribution in [0.5, 0.6) is 0 Å². The van der Waals surface area contributed by atoms with Gasteiger partial charge in [-0.15, -0.1) is 0 Å². The highest BCUT2D eigenvalue weighted by atomic mass is 15.0. The van der Waals surface area contributed by atoms with Crippen molar-refractivity contribution in [2.24, 2.45) is 0 Å². The van der Waals surface area contributed by atoms with Crippen molar-refractivity contribution in [2.45, 2.75) is 13.8 Å². The standard InChI is InChI=1S/C38H28N4/c1-3-8-35-25(2)21-34(24-39-35)28-13-17-29(18-14-28)36-40-37(32-19-15-26-9-4-6-11-30(26)22-32)42-38(41-36)33-20-16-27-10-5-7-12-31(27)23-33/h3-24H,1-2H3/b8-3-. The van der Waals surface area contributed by atoms with Gasteiger partial charge in [-0.3, -0.25) is 4.98 Å². The highest BCUT2D eigenvalue weighted by Crippen LogP contribution is 2.30. The average molecular weight is 541 g/mol. The number of allylic oxidation sites excluding steroid dienone is 1. The number of aromatic nitrogens is 4. The lowest BCUT2D eigenvalue weighted by Crippen LogP contribution is -2.00. The molecule has 7 aromatic rings. The van der Waals surface area contributed by atoms with Gasteiger partial charge in [0.2, 0.25) is 0 Å². The largest absolute Gasteiger partial charge is 0.256 e. The molecule has 0 aliphatic carbocycles. The fourth-order valence-electron chi connectivity index (χ4n) is 5.31. The Hall–Kier alpha value is -5.48. The summed E-state index contributed by atoms with van der Waals surface area (Å²) in [6, 6.07) is 39.9. The van der Waals surface area contributed by atoms with Gasteiger partial charge >= 0.3 is 0 Å². The maximum atomic E-state index is 4.98. The Labute approximate surface area is 245 Å². The number of benzene rings is 5. The smallest absolute Gasteiger partial charge is 0.164 e. The van der Waals surface area contributed by atoms with E-state index in [1.165, 1.54) is 10.8 Å². The number of rotatable bonds is 5. The monoisotopic (exact) mass is 540 g/mol. The van der Waals surface area contributed by atoms with Crippen molar-refractivity contribution in [1.82, 2.24) is 19.9 Å². The summed E-state index contributed by atoms with van der Waals surface area (Å²) in [5, 5.41) is 4.67. The number of hydrogen-bond acceptors (Lipinski definition) is 4. The molecule has 0 spiro atoms. The summed E-state index contributed by atoms with van der Waals surface area (Å²) in [5.41, 5.74) is 7.16. The van der Waals surface area contributed by atoms with Gasteiger partial charge < -0.3 is 0 Å². The van der Waals surface area contributed by atoms with Crippen LogP contribution in [-0.2, 0) is 0 Å². The van der Waals surface area contributed by atoms with Crippen LogP contribution in [0.1, 0.15) is 18.2 Å². The van der Waals surface area contributed by atoms with Crippen LogP contribution in [0.3, 0.4) is 0 Å². The molecule has 2 aromatic heterocycles. The van der Waals surface area contributed by atoms with Gasteiger partial charge in [0.25, 0.3) is 0 Å². The van der Waals surface area contributed by atoms with E-state index in [2.05, 4.69) is 127 Å². The third kappa shape index (κ3) is 4.95. The van der Waals surface area contributed by atoms with E-state index in [0.717, 1.165) is 49.8 Å². The molecule has 4 heteroatoms. The molecule has 200 valence electrons. The minimum absolute atomic E-state index is 0.639. The zero-order valence-corrected chi connectivity index (χ0v) is 23.5. The summed E-state index contributed by atoms with van der Waals surface area (Å²) in [7, 11) is 0. The Morgan fingerprint density at radius 1 is 0.476 bits per heavy atom. The lowest BCUT2D eigenvalue weighted by atomic mass is 10.0. The van der Waals surface area contributed by atoms with Crippen LogP contribution < -0.4 is 0 Å². The maximum Gasteiger partial charge on any atom is 0.164 e. The SMILES string of the molecule is C/C=C\c1ncc(-c2ccc(-c3nc(-c4ccc5ccccc5c4)nc(-c4ccc5ccccc5c4)n3)cc2)cc1C. The molecule has 0 saturated heterocycles. The van der Waals surface area contributed by atoms with Crippen molar-refractivity contribution >= 4 is 27.6 Å². The van der Waals surface area contributed by atoms with Crippen LogP contribution in [0.2, 0.25) is 0 Å². The van der Waals surface area contributed by atoms with Crippen LogP contribution in [0.4, 0.5) is 0 Å². The molecule has 0 radical (unpaired) electrons. The first-order chi connectivity index (χ1) is 20.6. The second kappa shape index (κ2) is 10.8. The molecule has 7 rings (SSSR count). The van der Waals surface area contributed by atoms with Crippen LogP contribution in [0.15, 0.2) is 128 Å².